The molecule has 2 N–H and O–H groups in total. The Morgan fingerprint density at radius 2 is 1.83 bits per heavy atom. The van der Waals surface area contributed by atoms with Gasteiger partial charge in [-0.25, -0.2) is 12.8 Å². The fourth-order valence-corrected chi connectivity index (χ4v) is 4.21. The van der Waals surface area contributed by atoms with E-state index in [-0.39, 0.29) is 21.2 Å². The summed E-state index contributed by atoms with van der Waals surface area (Å²) >= 11 is 6.00. The minimum absolute atomic E-state index is 0.0886. The Balaban J connectivity index is 2.06. The molecule has 0 radical (unpaired) electrons. The molecule has 156 valence electrons. The number of aromatic nitrogens is 1. The van der Waals surface area contributed by atoms with Crippen LogP contribution >= 0.6 is 11.6 Å². The molecule has 6 nitrogen and oxygen atoms in total. The van der Waals surface area contributed by atoms with Crippen molar-refractivity contribution in [1.82, 2.24) is 4.98 Å². The van der Waals surface area contributed by atoms with Crippen LogP contribution in [0.2, 0.25) is 5.02 Å². The van der Waals surface area contributed by atoms with Crippen LogP contribution < -0.4 is 4.72 Å². The Labute approximate surface area is 178 Å². The number of hydrogen-bond acceptors (Lipinski definition) is 4. The standard InChI is InChI=1S/C21H18ClFN2O4S/c1-12-7-17(11-24-10-12)30(28,29)25-20-18(8-16(22)9-19(20)23)15-5-3-14(4-6-15)13(2)21(26)27/h3-11,13,25H,1-2H3,(H,26,27). The average Bonchev–Trinajstić information content (AvgIpc) is 2.69. The lowest BCUT2D eigenvalue weighted by Crippen LogP contribution is -2.15. The third-order valence-corrected chi connectivity index (χ3v) is 6.08. The maximum Gasteiger partial charge on any atom is 0.310 e. The van der Waals surface area contributed by atoms with Gasteiger partial charge in [-0.15, -0.1) is 0 Å². The summed E-state index contributed by atoms with van der Waals surface area (Å²) < 4.78 is 42.6. The number of carbonyl (C=O) groups is 1. The highest BCUT2D eigenvalue weighted by Gasteiger charge is 2.21. The fourth-order valence-electron chi connectivity index (χ4n) is 2.87. The molecule has 0 saturated carbocycles. The summed E-state index contributed by atoms with van der Waals surface area (Å²) in [5, 5.41) is 9.23. The number of carboxylic acid groups (broad SMARTS) is 1. The molecular weight excluding hydrogens is 431 g/mol. The van der Waals surface area contributed by atoms with Crippen LogP contribution in [0.4, 0.5) is 10.1 Å². The molecule has 0 spiro atoms. The molecule has 3 rings (SSSR count). The van der Waals surface area contributed by atoms with Crippen molar-refractivity contribution in [2.45, 2.75) is 24.7 Å². The second-order valence-corrected chi connectivity index (χ2v) is 8.91. The van der Waals surface area contributed by atoms with Gasteiger partial charge in [0.15, 0.2) is 0 Å². The van der Waals surface area contributed by atoms with Gasteiger partial charge in [0.2, 0.25) is 0 Å². The SMILES string of the molecule is Cc1cncc(S(=O)(=O)Nc2c(F)cc(Cl)cc2-c2ccc(C(C)C(=O)O)cc2)c1. The molecule has 0 aliphatic carbocycles. The maximum absolute atomic E-state index is 14.7. The van der Waals surface area contributed by atoms with Crippen molar-refractivity contribution in [3.8, 4) is 11.1 Å². The molecule has 0 fully saturated rings. The van der Waals surface area contributed by atoms with Gasteiger partial charge in [0.05, 0.1) is 11.6 Å². The van der Waals surface area contributed by atoms with E-state index in [0.717, 1.165) is 6.07 Å². The number of aryl methyl sites for hydroxylation is 1. The van der Waals surface area contributed by atoms with Gasteiger partial charge in [-0.2, -0.15) is 0 Å². The lowest BCUT2D eigenvalue weighted by molar-refractivity contribution is -0.138. The third-order valence-electron chi connectivity index (χ3n) is 4.54. The van der Waals surface area contributed by atoms with E-state index in [1.54, 1.807) is 38.1 Å². The number of halogens is 2. The Hall–Kier alpha value is -2.97. The molecular formula is C21H18ClFN2O4S. The summed E-state index contributed by atoms with van der Waals surface area (Å²) in [4.78, 5) is 14.9. The first kappa shape index (κ1) is 21.7. The van der Waals surface area contributed by atoms with Gasteiger partial charge < -0.3 is 5.11 Å². The number of benzene rings is 2. The minimum Gasteiger partial charge on any atom is -0.481 e. The zero-order chi connectivity index (χ0) is 22.1. The van der Waals surface area contributed by atoms with Crippen LogP contribution in [-0.2, 0) is 14.8 Å². The summed E-state index contributed by atoms with van der Waals surface area (Å²) in [6.45, 7) is 3.24. The lowest BCUT2D eigenvalue weighted by atomic mass is 9.97. The van der Waals surface area contributed by atoms with Gasteiger partial charge in [0.1, 0.15) is 10.7 Å². The van der Waals surface area contributed by atoms with Crippen LogP contribution in [0.1, 0.15) is 24.0 Å². The Morgan fingerprint density at radius 3 is 2.43 bits per heavy atom. The van der Waals surface area contributed by atoms with Gasteiger partial charge in [-0.05, 0) is 48.7 Å². The van der Waals surface area contributed by atoms with Gasteiger partial charge in [0, 0.05) is 23.0 Å². The Bertz CT molecular complexity index is 1210. The van der Waals surface area contributed by atoms with Crippen LogP contribution in [-0.4, -0.2) is 24.5 Å². The van der Waals surface area contributed by atoms with Crippen molar-refractivity contribution < 1.29 is 22.7 Å². The molecule has 9 heteroatoms. The molecule has 0 amide bonds. The van der Waals surface area contributed by atoms with Crippen molar-refractivity contribution >= 4 is 33.3 Å². The van der Waals surface area contributed by atoms with Gasteiger partial charge in [-0.1, -0.05) is 35.9 Å². The second kappa shape index (κ2) is 8.41. The monoisotopic (exact) mass is 448 g/mol. The van der Waals surface area contributed by atoms with Crippen LogP contribution in [0.3, 0.4) is 0 Å². The molecule has 1 unspecified atom stereocenters. The fraction of sp³-hybridized carbons (Fsp3) is 0.143. The first-order valence-corrected chi connectivity index (χ1v) is 10.7. The van der Waals surface area contributed by atoms with Crippen molar-refractivity contribution in [3.05, 3.63) is 76.8 Å². The van der Waals surface area contributed by atoms with Gasteiger partial charge >= 0.3 is 5.97 Å². The van der Waals surface area contributed by atoms with E-state index in [4.69, 9.17) is 16.7 Å². The molecule has 0 aliphatic heterocycles. The molecule has 1 atom stereocenters. The van der Waals surface area contributed by atoms with E-state index in [2.05, 4.69) is 9.71 Å². The summed E-state index contributed by atoms with van der Waals surface area (Å²) in [5.41, 5.74) is 1.62. The predicted octanol–water partition coefficient (Wildman–Crippen LogP) is 4.84. The highest BCUT2D eigenvalue weighted by molar-refractivity contribution is 7.92. The first-order valence-electron chi connectivity index (χ1n) is 8.85. The number of nitrogens with one attached hydrogen (secondary N) is 1. The molecule has 30 heavy (non-hydrogen) atoms. The molecule has 0 saturated heterocycles. The number of rotatable bonds is 6. The zero-order valence-electron chi connectivity index (χ0n) is 16.1. The van der Waals surface area contributed by atoms with E-state index in [1.165, 1.54) is 24.5 Å². The Morgan fingerprint density at radius 1 is 1.17 bits per heavy atom. The summed E-state index contributed by atoms with van der Waals surface area (Å²) in [7, 11) is -4.11. The average molecular weight is 449 g/mol. The molecule has 3 aromatic rings. The number of nitrogens with zero attached hydrogens (tertiary/aromatic N) is 1. The van der Waals surface area contributed by atoms with Crippen LogP contribution in [0, 0.1) is 12.7 Å². The minimum atomic E-state index is -4.11. The highest BCUT2D eigenvalue weighted by atomic mass is 35.5. The van der Waals surface area contributed by atoms with E-state index >= 15 is 0 Å². The van der Waals surface area contributed by atoms with Crippen LogP contribution in [0.5, 0.6) is 0 Å². The summed E-state index contributed by atoms with van der Waals surface area (Å²) in [6, 6.07) is 10.2. The highest BCUT2D eigenvalue weighted by Crippen LogP contribution is 2.35. The number of sulfonamides is 1. The van der Waals surface area contributed by atoms with Crippen molar-refractivity contribution in [3.63, 3.8) is 0 Å². The van der Waals surface area contributed by atoms with Crippen LogP contribution in [0.15, 0.2) is 59.8 Å². The smallest absolute Gasteiger partial charge is 0.310 e. The van der Waals surface area contributed by atoms with Gasteiger partial charge in [0.25, 0.3) is 10.0 Å². The maximum atomic E-state index is 14.7. The summed E-state index contributed by atoms with van der Waals surface area (Å²) in [5.74, 6) is -2.54. The largest absolute Gasteiger partial charge is 0.481 e. The molecule has 2 aromatic carbocycles. The van der Waals surface area contributed by atoms with Crippen molar-refractivity contribution in [2.75, 3.05) is 4.72 Å². The van der Waals surface area contributed by atoms with Crippen LogP contribution in [0.25, 0.3) is 11.1 Å². The normalized spacial score (nSPS) is 12.4. The third kappa shape index (κ3) is 4.60. The van der Waals surface area contributed by atoms with E-state index in [1.807, 2.05) is 0 Å². The zero-order valence-corrected chi connectivity index (χ0v) is 17.6. The topological polar surface area (TPSA) is 96.4 Å². The number of aliphatic carboxylic acids is 1. The quantitative estimate of drug-likeness (QED) is 0.562. The van der Waals surface area contributed by atoms with Crippen molar-refractivity contribution in [2.24, 2.45) is 0 Å². The number of pyridine rings is 1. The van der Waals surface area contributed by atoms with E-state index < -0.39 is 27.7 Å². The number of carboxylic acids is 1. The van der Waals surface area contributed by atoms with E-state index in [0.29, 0.717) is 16.7 Å². The predicted molar refractivity (Wildman–Crippen MR) is 113 cm³/mol. The second-order valence-electron chi connectivity index (χ2n) is 6.80. The molecule has 0 bridgehead atoms. The lowest BCUT2D eigenvalue weighted by Gasteiger charge is -2.15. The number of hydrogen-bond donors (Lipinski definition) is 2. The van der Waals surface area contributed by atoms with Crippen molar-refractivity contribution in [1.29, 1.82) is 0 Å². The first-order chi connectivity index (χ1) is 14.1. The molecule has 1 heterocycles. The molecule has 1 aromatic heterocycles. The van der Waals surface area contributed by atoms with E-state index in [9.17, 15) is 17.6 Å². The summed E-state index contributed by atoms with van der Waals surface area (Å²) in [6.07, 6.45) is 2.68. The number of anilines is 1. The van der Waals surface area contributed by atoms with Gasteiger partial charge in [-0.3, -0.25) is 14.5 Å². The molecule has 0 aliphatic rings. The Kier molecular flexibility index (Phi) is 6.09.